The lowest BCUT2D eigenvalue weighted by molar-refractivity contribution is -0.598. The van der Waals surface area contributed by atoms with E-state index in [1.165, 1.54) is 12.8 Å². The van der Waals surface area contributed by atoms with Crippen LogP contribution in [0.2, 0.25) is 0 Å². The zero-order valence-electron chi connectivity index (χ0n) is 12.6. The fourth-order valence-electron chi connectivity index (χ4n) is 2.86. The first kappa shape index (κ1) is 13.1. The molecular formula is C19H18N2O. The van der Waals surface area contributed by atoms with Crippen molar-refractivity contribution in [3.63, 3.8) is 0 Å². The van der Waals surface area contributed by atoms with Crippen LogP contribution in [-0.2, 0) is 6.54 Å². The molecule has 0 N–H and O–H groups in total. The van der Waals surface area contributed by atoms with E-state index < -0.39 is 0 Å². The smallest absolute Gasteiger partial charge is 0.243 e. The van der Waals surface area contributed by atoms with E-state index in [0.717, 1.165) is 34.2 Å². The molecule has 0 aliphatic heterocycles. The number of rotatable bonds is 4. The summed E-state index contributed by atoms with van der Waals surface area (Å²) in [7, 11) is 0. The van der Waals surface area contributed by atoms with Gasteiger partial charge in [0.25, 0.3) is 0 Å². The Labute approximate surface area is 129 Å². The van der Waals surface area contributed by atoms with Crippen LogP contribution in [0.5, 0.6) is 0 Å². The molecule has 110 valence electrons. The summed E-state index contributed by atoms with van der Waals surface area (Å²) in [5, 5.41) is 2.31. The molecule has 22 heavy (non-hydrogen) atoms. The van der Waals surface area contributed by atoms with Gasteiger partial charge in [-0.1, -0.05) is 49.7 Å². The molecule has 0 amide bonds. The first-order valence-electron chi connectivity index (χ1n) is 7.77. The van der Waals surface area contributed by atoms with Crippen LogP contribution >= 0.6 is 0 Å². The molecule has 0 aliphatic rings. The molecule has 0 bridgehead atoms. The molecule has 0 spiro atoms. The molecular weight excluding hydrogens is 272 g/mol. The molecule has 3 heteroatoms. The zero-order chi connectivity index (χ0) is 14.9. The first-order valence-corrected chi connectivity index (χ1v) is 7.77. The SMILES string of the molecule is CCCCn1[c-][n+](-c2cccc3c2oc2ccccc23)cc1. The Morgan fingerprint density at radius 2 is 1.95 bits per heavy atom. The monoisotopic (exact) mass is 290 g/mol. The number of aromatic nitrogens is 2. The Balaban J connectivity index is 1.86. The van der Waals surface area contributed by atoms with Crippen LogP contribution in [-0.4, -0.2) is 4.57 Å². The van der Waals surface area contributed by atoms with Gasteiger partial charge >= 0.3 is 0 Å². The van der Waals surface area contributed by atoms with Gasteiger partial charge in [0.05, 0.1) is 12.2 Å². The summed E-state index contributed by atoms with van der Waals surface area (Å²) < 4.78 is 10.2. The van der Waals surface area contributed by atoms with E-state index in [1.807, 2.05) is 29.0 Å². The van der Waals surface area contributed by atoms with Crippen molar-refractivity contribution in [1.29, 1.82) is 0 Å². The fourth-order valence-corrected chi connectivity index (χ4v) is 2.86. The van der Waals surface area contributed by atoms with Crippen LogP contribution in [0.4, 0.5) is 0 Å². The highest BCUT2D eigenvalue weighted by Gasteiger charge is 2.11. The molecule has 0 saturated carbocycles. The van der Waals surface area contributed by atoms with Crippen LogP contribution in [0.3, 0.4) is 0 Å². The number of unbranched alkanes of at least 4 members (excludes halogenated alkanes) is 1. The Hall–Kier alpha value is -2.55. The number of hydrogen-bond acceptors (Lipinski definition) is 1. The zero-order valence-corrected chi connectivity index (χ0v) is 12.6. The summed E-state index contributed by atoms with van der Waals surface area (Å²) in [5.74, 6) is 0. The summed E-state index contributed by atoms with van der Waals surface area (Å²) in [6, 6.07) is 14.4. The molecule has 4 rings (SSSR count). The maximum Gasteiger partial charge on any atom is 0.243 e. The van der Waals surface area contributed by atoms with E-state index in [4.69, 9.17) is 4.42 Å². The first-order chi connectivity index (χ1) is 10.9. The van der Waals surface area contributed by atoms with Crippen LogP contribution in [0.25, 0.3) is 27.6 Å². The molecule has 2 heterocycles. The third-order valence-corrected chi connectivity index (χ3v) is 4.03. The molecule has 0 fully saturated rings. The lowest BCUT2D eigenvalue weighted by Crippen LogP contribution is -2.28. The summed E-state index contributed by atoms with van der Waals surface area (Å²) in [6.45, 7) is 3.20. The number of fused-ring (bicyclic) bond motifs is 3. The van der Waals surface area contributed by atoms with Crippen LogP contribution in [0.1, 0.15) is 19.8 Å². The number of nitrogens with zero attached hydrogens (tertiary/aromatic N) is 2. The molecule has 0 atom stereocenters. The molecule has 0 radical (unpaired) electrons. The van der Waals surface area contributed by atoms with Gasteiger partial charge in [0.2, 0.25) is 6.33 Å². The maximum absolute atomic E-state index is 6.08. The van der Waals surface area contributed by atoms with E-state index in [-0.39, 0.29) is 0 Å². The van der Waals surface area contributed by atoms with Crippen molar-refractivity contribution in [3.05, 3.63) is 61.2 Å². The number of furan rings is 1. The molecule has 0 saturated heterocycles. The third kappa shape index (κ3) is 2.10. The van der Waals surface area contributed by atoms with Gasteiger partial charge in [-0.2, -0.15) is 0 Å². The van der Waals surface area contributed by atoms with Gasteiger partial charge in [0, 0.05) is 23.2 Å². The number of hydrogen-bond donors (Lipinski definition) is 0. The van der Waals surface area contributed by atoms with Crippen LogP contribution in [0, 0.1) is 6.33 Å². The average Bonchev–Trinajstić information content (AvgIpc) is 3.17. The lowest BCUT2D eigenvalue weighted by Gasteiger charge is -2.03. The quantitative estimate of drug-likeness (QED) is 0.406. The van der Waals surface area contributed by atoms with Crippen molar-refractivity contribution in [3.8, 4) is 5.69 Å². The van der Waals surface area contributed by atoms with Gasteiger partial charge in [-0.05, 0) is 12.5 Å². The molecule has 0 unspecified atom stereocenters. The molecule has 3 nitrogen and oxygen atoms in total. The summed E-state index contributed by atoms with van der Waals surface area (Å²) in [5.41, 5.74) is 2.87. The van der Waals surface area contributed by atoms with Crippen molar-refractivity contribution in [2.75, 3.05) is 0 Å². The fraction of sp³-hybridized carbons (Fsp3) is 0.211. The number of benzene rings is 2. The van der Waals surface area contributed by atoms with E-state index in [0.29, 0.717) is 0 Å². The van der Waals surface area contributed by atoms with E-state index >= 15 is 0 Å². The summed E-state index contributed by atoms with van der Waals surface area (Å²) in [6.07, 6.45) is 9.83. The summed E-state index contributed by atoms with van der Waals surface area (Å²) >= 11 is 0. The van der Waals surface area contributed by atoms with Crippen LogP contribution in [0.15, 0.2) is 59.3 Å². The van der Waals surface area contributed by atoms with Gasteiger partial charge in [-0.15, -0.1) is 0 Å². The number of imidazole rings is 1. The highest BCUT2D eigenvalue weighted by atomic mass is 16.3. The third-order valence-electron chi connectivity index (χ3n) is 4.03. The minimum absolute atomic E-state index is 0.915. The van der Waals surface area contributed by atoms with Crippen molar-refractivity contribution >= 4 is 21.9 Å². The van der Waals surface area contributed by atoms with Crippen LogP contribution < -0.4 is 4.57 Å². The largest absolute Gasteiger partial charge is 0.462 e. The van der Waals surface area contributed by atoms with Crippen molar-refractivity contribution in [1.82, 2.24) is 4.57 Å². The normalized spacial score (nSPS) is 11.5. The molecule has 4 aromatic rings. The molecule has 2 aromatic heterocycles. The Morgan fingerprint density at radius 1 is 1.09 bits per heavy atom. The Bertz CT molecular complexity index is 933. The number of aryl methyl sites for hydroxylation is 1. The van der Waals surface area contributed by atoms with Crippen molar-refractivity contribution < 1.29 is 8.98 Å². The highest BCUT2D eigenvalue weighted by Crippen LogP contribution is 2.30. The van der Waals surface area contributed by atoms with Gasteiger partial charge in [-0.25, -0.2) is 0 Å². The van der Waals surface area contributed by atoms with Gasteiger partial charge < -0.3 is 13.6 Å². The van der Waals surface area contributed by atoms with Crippen molar-refractivity contribution in [2.45, 2.75) is 26.3 Å². The Morgan fingerprint density at radius 3 is 2.86 bits per heavy atom. The second kappa shape index (κ2) is 5.34. The predicted octanol–water partition coefficient (Wildman–Crippen LogP) is 4.26. The lowest BCUT2D eigenvalue weighted by atomic mass is 10.1. The minimum Gasteiger partial charge on any atom is -0.462 e. The maximum atomic E-state index is 6.08. The minimum atomic E-state index is 0.915. The van der Waals surface area contributed by atoms with Gasteiger partial charge in [0.15, 0.2) is 0 Å². The topological polar surface area (TPSA) is 21.9 Å². The standard InChI is InChI=1S/C19H18N2O/c1-2-3-11-20-12-13-21(14-20)17-9-6-8-16-15-7-4-5-10-18(15)22-19(16)17/h4-10,12-13H,2-3,11H2,1H3. The van der Waals surface area contributed by atoms with E-state index in [2.05, 4.69) is 48.3 Å². The van der Waals surface area contributed by atoms with Gasteiger partial charge in [0.1, 0.15) is 11.2 Å². The predicted molar refractivity (Wildman–Crippen MR) is 87.0 cm³/mol. The number of para-hydroxylation sites is 2. The molecule has 0 aliphatic carbocycles. The molecule has 2 aromatic carbocycles. The second-order valence-corrected chi connectivity index (χ2v) is 5.57. The summed E-state index contributed by atoms with van der Waals surface area (Å²) in [4.78, 5) is 0. The second-order valence-electron chi connectivity index (χ2n) is 5.57. The Kier molecular flexibility index (Phi) is 3.19. The highest BCUT2D eigenvalue weighted by molar-refractivity contribution is 6.06. The average molecular weight is 290 g/mol. The van der Waals surface area contributed by atoms with E-state index in [1.54, 1.807) is 0 Å². The van der Waals surface area contributed by atoms with E-state index in [9.17, 15) is 0 Å². The van der Waals surface area contributed by atoms with Gasteiger partial charge in [-0.3, -0.25) is 0 Å². The van der Waals surface area contributed by atoms with Crippen molar-refractivity contribution in [2.24, 2.45) is 0 Å².